The minimum absolute atomic E-state index is 0.447. The Hall–Kier alpha value is -4.45. The average Bonchev–Trinajstić information content (AvgIpc) is 2.81. The summed E-state index contributed by atoms with van der Waals surface area (Å²) in [6.45, 7) is 0. The molecule has 0 unspecified atom stereocenters. The van der Waals surface area contributed by atoms with Crippen LogP contribution >= 0.6 is 0 Å². The highest BCUT2D eigenvalue weighted by molar-refractivity contribution is 5.94. The number of nitrogens with zero attached hydrogens (tertiary/aromatic N) is 3. The summed E-state index contributed by atoms with van der Waals surface area (Å²) in [4.78, 5) is 13.7. The number of aromatic nitrogens is 3. The van der Waals surface area contributed by atoms with Crippen LogP contribution in [0.25, 0.3) is 10.8 Å². The summed E-state index contributed by atoms with van der Waals surface area (Å²) in [6.07, 6.45) is 0. The topological polar surface area (TPSA) is 74.8 Å². The Morgan fingerprint density at radius 1 is 0.419 bits per heavy atom. The van der Waals surface area contributed by atoms with Crippen LogP contribution in [-0.4, -0.2) is 15.0 Å². The largest absolute Gasteiger partial charge is 0.324 e. The van der Waals surface area contributed by atoms with Crippen molar-refractivity contribution in [3.8, 4) is 0 Å². The van der Waals surface area contributed by atoms with Crippen LogP contribution in [0.4, 0.5) is 34.9 Å². The van der Waals surface area contributed by atoms with Gasteiger partial charge in [0.15, 0.2) is 0 Å². The summed E-state index contributed by atoms with van der Waals surface area (Å²) in [7, 11) is 0. The molecule has 5 rings (SSSR count). The van der Waals surface area contributed by atoms with Crippen LogP contribution in [0, 0.1) is 0 Å². The van der Waals surface area contributed by atoms with Crippen LogP contribution in [0.5, 0.6) is 0 Å². The normalized spacial score (nSPS) is 10.6. The molecule has 150 valence electrons. The molecule has 1 heterocycles. The highest BCUT2D eigenvalue weighted by Crippen LogP contribution is 2.26. The van der Waals surface area contributed by atoms with E-state index in [4.69, 9.17) is 0 Å². The van der Waals surface area contributed by atoms with Crippen molar-refractivity contribution in [3.63, 3.8) is 0 Å². The van der Waals surface area contributed by atoms with E-state index in [1.807, 2.05) is 84.9 Å². The zero-order chi connectivity index (χ0) is 20.9. The fourth-order valence-corrected chi connectivity index (χ4v) is 3.30. The smallest absolute Gasteiger partial charge is 0.233 e. The zero-order valence-electron chi connectivity index (χ0n) is 16.7. The molecule has 0 atom stereocenters. The molecule has 5 aromatic rings. The first-order valence-corrected chi connectivity index (χ1v) is 9.98. The number of hydrogen-bond donors (Lipinski definition) is 3. The molecule has 0 amide bonds. The van der Waals surface area contributed by atoms with E-state index in [-0.39, 0.29) is 0 Å². The minimum Gasteiger partial charge on any atom is -0.324 e. The first-order chi connectivity index (χ1) is 15.3. The van der Waals surface area contributed by atoms with Crippen molar-refractivity contribution in [2.24, 2.45) is 0 Å². The number of para-hydroxylation sites is 2. The van der Waals surface area contributed by atoms with Gasteiger partial charge >= 0.3 is 0 Å². The summed E-state index contributed by atoms with van der Waals surface area (Å²) < 4.78 is 0. The Balaban J connectivity index is 1.51. The van der Waals surface area contributed by atoms with Gasteiger partial charge in [0.2, 0.25) is 17.8 Å². The highest BCUT2D eigenvalue weighted by Gasteiger charge is 2.09. The van der Waals surface area contributed by atoms with E-state index in [2.05, 4.69) is 49.1 Å². The third kappa shape index (κ3) is 4.43. The Morgan fingerprint density at radius 2 is 0.903 bits per heavy atom. The van der Waals surface area contributed by atoms with Crippen molar-refractivity contribution in [2.45, 2.75) is 0 Å². The Bertz CT molecular complexity index is 1240. The van der Waals surface area contributed by atoms with Crippen LogP contribution in [0.15, 0.2) is 103 Å². The Kier molecular flexibility index (Phi) is 5.10. The lowest BCUT2D eigenvalue weighted by Crippen LogP contribution is -2.07. The second kappa shape index (κ2) is 8.51. The van der Waals surface area contributed by atoms with Gasteiger partial charge < -0.3 is 16.0 Å². The molecule has 6 nitrogen and oxygen atoms in total. The number of nitrogens with one attached hydrogen (secondary N) is 3. The minimum atomic E-state index is 0.447. The first-order valence-electron chi connectivity index (χ1n) is 9.98. The summed E-state index contributed by atoms with van der Waals surface area (Å²) in [5.41, 5.74) is 2.73. The lowest BCUT2D eigenvalue weighted by Gasteiger charge is -2.12. The van der Waals surface area contributed by atoms with Crippen LogP contribution in [0.1, 0.15) is 0 Å². The average molecular weight is 404 g/mol. The molecule has 0 radical (unpaired) electrons. The monoisotopic (exact) mass is 404 g/mol. The molecule has 31 heavy (non-hydrogen) atoms. The predicted octanol–water partition coefficient (Wildman–Crippen LogP) is 6.26. The van der Waals surface area contributed by atoms with Gasteiger partial charge in [0.1, 0.15) is 0 Å². The fraction of sp³-hybridized carbons (Fsp3) is 0. The maximum absolute atomic E-state index is 4.59. The standard InChI is InChI=1S/C25H20N6/c1-3-12-19(13-4-1)26-23-29-24(27-20-14-5-2-6-15-20)31-25(30-23)28-22-17-9-11-18-10-7-8-16-21(18)22/h1-17H,(H3,26,27,28,29,30,31). The molecule has 6 heteroatoms. The molecule has 0 aliphatic rings. The molecule has 4 aromatic carbocycles. The van der Waals surface area contributed by atoms with Crippen molar-refractivity contribution >= 4 is 45.7 Å². The van der Waals surface area contributed by atoms with Crippen molar-refractivity contribution in [1.82, 2.24) is 15.0 Å². The van der Waals surface area contributed by atoms with Crippen LogP contribution in [-0.2, 0) is 0 Å². The lowest BCUT2D eigenvalue weighted by atomic mass is 10.1. The third-order valence-electron chi connectivity index (χ3n) is 4.73. The van der Waals surface area contributed by atoms with Crippen LogP contribution < -0.4 is 16.0 Å². The van der Waals surface area contributed by atoms with Gasteiger partial charge in [-0.05, 0) is 35.7 Å². The summed E-state index contributed by atoms with van der Waals surface area (Å²) in [5.74, 6) is 1.34. The molecule has 3 N–H and O–H groups in total. The van der Waals surface area contributed by atoms with E-state index >= 15 is 0 Å². The SMILES string of the molecule is c1ccc(Nc2nc(Nc3ccccc3)nc(Nc3cccc4ccccc34)n2)cc1. The van der Waals surface area contributed by atoms with E-state index in [0.717, 1.165) is 27.8 Å². The highest BCUT2D eigenvalue weighted by atomic mass is 15.3. The van der Waals surface area contributed by atoms with Crippen molar-refractivity contribution in [3.05, 3.63) is 103 Å². The molecular formula is C25H20N6. The second-order valence-corrected chi connectivity index (χ2v) is 6.94. The van der Waals surface area contributed by atoms with Crippen molar-refractivity contribution in [1.29, 1.82) is 0 Å². The lowest BCUT2D eigenvalue weighted by molar-refractivity contribution is 1.06. The van der Waals surface area contributed by atoms with Crippen molar-refractivity contribution in [2.75, 3.05) is 16.0 Å². The molecule has 1 aromatic heterocycles. The van der Waals surface area contributed by atoms with Gasteiger partial charge in [0, 0.05) is 22.4 Å². The number of benzene rings is 4. The molecular weight excluding hydrogens is 384 g/mol. The van der Waals surface area contributed by atoms with E-state index in [1.165, 1.54) is 0 Å². The zero-order valence-corrected chi connectivity index (χ0v) is 16.7. The van der Waals surface area contributed by atoms with Crippen molar-refractivity contribution < 1.29 is 0 Å². The van der Waals surface area contributed by atoms with E-state index in [1.54, 1.807) is 0 Å². The van der Waals surface area contributed by atoms with E-state index < -0.39 is 0 Å². The quantitative estimate of drug-likeness (QED) is 0.310. The summed E-state index contributed by atoms with van der Waals surface area (Å²) in [6, 6.07) is 33.9. The van der Waals surface area contributed by atoms with E-state index in [0.29, 0.717) is 17.8 Å². The van der Waals surface area contributed by atoms with Gasteiger partial charge in [0.05, 0.1) is 0 Å². The maximum Gasteiger partial charge on any atom is 0.233 e. The van der Waals surface area contributed by atoms with Gasteiger partial charge in [-0.1, -0.05) is 72.8 Å². The molecule has 0 aliphatic carbocycles. The summed E-state index contributed by atoms with van der Waals surface area (Å²) in [5, 5.41) is 12.1. The van der Waals surface area contributed by atoms with Gasteiger partial charge in [-0.25, -0.2) is 0 Å². The summed E-state index contributed by atoms with van der Waals surface area (Å²) >= 11 is 0. The third-order valence-corrected chi connectivity index (χ3v) is 4.73. The Morgan fingerprint density at radius 3 is 1.52 bits per heavy atom. The van der Waals surface area contributed by atoms with Gasteiger partial charge in [-0.3, -0.25) is 0 Å². The fourth-order valence-electron chi connectivity index (χ4n) is 3.30. The molecule has 0 saturated heterocycles. The number of fused-ring (bicyclic) bond motifs is 1. The first kappa shape index (κ1) is 18.6. The molecule has 0 spiro atoms. The van der Waals surface area contributed by atoms with Gasteiger partial charge in [-0.2, -0.15) is 15.0 Å². The number of rotatable bonds is 6. The number of hydrogen-bond acceptors (Lipinski definition) is 6. The Labute approximate surface area is 180 Å². The molecule has 0 aliphatic heterocycles. The second-order valence-electron chi connectivity index (χ2n) is 6.94. The predicted molar refractivity (Wildman–Crippen MR) is 127 cm³/mol. The molecule has 0 bridgehead atoms. The molecule has 0 fully saturated rings. The maximum atomic E-state index is 4.59. The molecule has 0 saturated carbocycles. The van der Waals surface area contributed by atoms with Crippen LogP contribution in [0.2, 0.25) is 0 Å². The number of anilines is 6. The van der Waals surface area contributed by atoms with Gasteiger partial charge in [-0.15, -0.1) is 0 Å². The van der Waals surface area contributed by atoms with Gasteiger partial charge in [0.25, 0.3) is 0 Å². The van der Waals surface area contributed by atoms with Crippen LogP contribution in [0.3, 0.4) is 0 Å². The van der Waals surface area contributed by atoms with E-state index in [9.17, 15) is 0 Å².